The van der Waals surface area contributed by atoms with Crippen molar-refractivity contribution in [3.63, 3.8) is 0 Å². The Morgan fingerprint density at radius 2 is 1.90 bits per heavy atom. The maximum Gasteiger partial charge on any atom is 0.264 e. The van der Waals surface area contributed by atoms with Crippen LogP contribution in [0.25, 0.3) is 16.7 Å². The van der Waals surface area contributed by atoms with Crippen molar-refractivity contribution in [3.05, 3.63) is 82.8 Å². The lowest BCUT2D eigenvalue weighted by Crippen LogP contribution is -2.49. The van der Waals surface area contributed by atoms with Crippen LogP contribution in [0.4, 0.5) is 4.39 Å². The number of hydrogen-bond acceptors (Lipinski definition) is 6. The topological polar surface area (TPSA) is 102 Å². The molecule has 0 atom stereocenters. The monoisotopic (exact) mass is 531 g/mol. The third-order valence-electron chi connectivity index (χ3n) is 7.86. The highest BCUT2D eigenvalue weighted by atomic mass is 19.1. The van der Waals surface area contributed by atoms with Crippen LogP contribution in [-0.4, -0.2) is 60.5 Å². The van der Waals surface area contributed by atoms with Crippen LogP contribution in [0.1, 0.15) is 42.5 Å². The number of nitrogens with zero attached hydrogens (tertiary/aromatic N) is 5. The van der Waals surface area contributed by atoms with Crippen molar-refractivity contribution in [1.82, 2.24) is 24.2 Å². The highest BCUT2D eigenvalue weighted by Crippen LogP contribution is 2.28. The number of ether oxygens (including phenoxy) is 1. The number of carbonyl (C=O) groups excluding carboxylic acids is 1. The van der Waals surface area contributed by atoms with Crippen LogP contribution in [0.2, 0.25) is 0 Å². The average molecular weight is 532 g/mol. The van der Waals surface area contributed by atoms with Gasteiger partial charge in [0.25, 0.3) is 11.5 Å². The van der Waals surface area contributed by atoms with Gasteiger partial charge in [-0.3, -0.25) is 14.2 Å². The third kappa shape index (κ3) is 5.16. The molecule has 1 aliphatic heterocycles. The van der Waals surface area contributed by atoms with Crippen LogP contribution in [0, 0.1) is 11.7 Å². The Hall–Kier alpha value is -4.05. The first-order valence-corrected chi connectivity index (χ1v) is 13.3. The Morgan fingerprint density at radius 1 is 1.13 bits per heavy atom. The number of aromatic nitrogens is 4. The first-order chi connectivity index (χ1) is 18.9. The Bertz CT molecular complexity index is 1550. The molecular formula is C29H30FN5O4. The van der Waals surface area contributed by atoms with Crippen LogP contribution in [-0.2, 0) is 6.54 Å². The fraction of sp³-hybridized carbons (Fsp3) is 0.379. The lowest BCUT2D eigenvalue weighted by Gasteiger charge is -2.38. The van der Waals surface area contributed by atoms with Crippen molar-refractivity contribution in [2.45, 2.75) is 44.2 Å². The molecule has 1 saturated carbocycles. The fourth-order valence-corrected chi connectivity index (χ4v) is 5.21. The maximum atomic E-state index is 13.3. The van der Waals surface area contributed by atoms with E-state index < -0.39 is 11.4 Å². The van der Waals surface area contributed by atoms with Gasteiger partial charge in [0.05, 0.1) is 30.6 Å². The number of piperidine rings is 1. The van der Waals surface area contributed by atoms with Gasteiger partial charge in [-0.15, -0.1) is 0 Å². The van der Waals surface area contributed by atoms with E-state index in [0.717, 1.165) is 11.4 Å². The van der Waals surface area contributed by atoms with Gasteiger partial charge in [0.15, 0.2) is 5.65 Å². The number of halogens is 1. The maximum absolute atomic E-state index is 13.3. The van der Waals surface area contributed by atoms with Gasteiger partial charge in [-0.2, -0.15) is 5.10 Å². The lowest BCUT2D eigenvalue weighted by atomic mass is 9.86. The van der Waals surface area contributed by atoms with Gasteiger partial charge >= 0.3 is 0 Å². The van der Waals surface area contributed by atoms with E-state index in [4.69, 9.17) is 4.74 Å². The minimum Gasteiger partial charge on any atom is -0.493 e. The molecule has 6 rings (SSSR count). The second-order valence-corrected chi connectivity index (χ2v) is 10.6. The third-order valence-corrected chi connectivity index (χ3v) is 7.86. The number of fused-ring (bicyclic) bond motifs is 1. The zero-order valence-corrected chi connectivity index (χ0v) is 21.5. The Labute approximate surface area is 224 Å². The van der Waals surface area contributed by atoms with Gasteiger partial charge in [-0.1, -0.05) is 12.5 Å². The highest BCUT2D eigenvalue weighted by molar-refractivity contribution is 5.94. The van der Waals surface area contributed by atoms with E-state index in [9.17, 15) is 19.1 Å². The first kappa shape index (κ1) is 25.2. The second kappa shape index (κ2) is 10.3. The van der Waals surface area contributed by atoms with Crippen molar-refractivity contribution in [1.29, 1.82) is 0 Å². The van der Waals surface area contributed by atoms with Crippen molar-refractivity contribution < 1.29 is 19.0 Å². The summed E-state index contributed by atoms with van der Waals surface area (Å²) in [5.41, 5.74) is 0.125. The normalized spacial score (nSPS) is 17.2. The molecule has 1 aliphatic carbocycles. The standard InChI is InChI=1S/C29H30FN5O4/c30-22-9-7-21(8-10-22)27(36)33-13-11-29(38,12-14-33)18-34-19-31-26-25(28(34)37)16-32-35(26)23-5-2-6-24(15-23)39-17-20-3-1-4-20/h2,5-10,15-16,19-20,38H,1,3-4,11-14,17-18H2. The van der Waals surface area contributed by atoms with Crippen LogP contribution in [0.3, 0.4) is 0 Å². The fourth-order valence-electron chi connectivity index (χ4n) is 5.21. The molecule has 202 valence electrons. The van der Waals surface area contributed by atoms with E-state index in [-0.39, 0.29) is 18.0 Å². The lowest BCUT2D eigenvalue weighted by molar-refractivity contribution is -0.0299. The van der Waals surface area contributed by atoms with Gasteiger partial charge in [0.1, 0.15) is 23.3 Å². The van der Waals surface area contributed by atoms with Crippen molar-refractivity contribution in [2.75, 3.05) is 19.7 Å². The van der Waals surface area contributed by atoms with E-state index in [1.165, 1.54) is 60.6 Å². The summed E-state index contributed by atoms with van der Waals surface area (Å²) < 4.78 is 22.2. The Morgan fingerprint density at radius 3 is 2.62 bits per heavy atom. The molecule has 2 fully saturated rings. The Balaban J connectivity index is 1.15. The van der Waals surface area contributed by atoms with Gasteiger partial charge in [-0.25, -0.2) is 14.1 Å². The minimum atomic E-state index is -1.17. The molecule has 2 aliphatic rings. The molecule has 10 heteroatoms. The molecule has 1 N–H and O–H groups in total. The van der Waals surface area contributed by atoms with Crippen LogP contribution in [0.5, 0.6) is 5.75 Å². The summed E-state index contributed by atoms with van der Waals surface area (Å²) in [5, 5.41) is 16.0. The predicted molar refractivity (Wildman–Crippen MR) is 142 cm³/mol. The smallest absolute Gasteiger partial charge is 0.264 e. The SMILES string of the molecule is O=C(c1ccc(F)cc1)N1CCC(O)(Cn2cnc3c(cnn3-c3cccc(OCC4CCC4)c3)c2=O)CC1. The Kier molecular flexibility index (Phi) is 6.64. The van der Waals surface area contributed by atoms with E-state index >= 15 is 0 Å². The summed E-state index contributed by atoms with van der Waals surface area (Å²) in [6.45, 7) is 1.42. The summed E-state index contributed by atoms with van der Waals surface area (Å²) in [6.07, 6.45) is 7.23. The first-order valence-electron chi connectivity index (χ1n) is 13.3. The number of likely N-dealkylation sites (tertiary alicyclic amines) is 1. The number of aliphatic hydroxyl groups is 1. The molecule has 0 bridgehead atoms. The minimum absolute atomic E-state index is 0.0586. The summed E-state index contributed by atoms with van der Waals surface area (Å²) >= 11 is 0. The molecule has 3 heterocycles. The number of rotatable bonds is 7. The average Bonchev–Trinajstić information content (AvgIpc) is 3.35. The number of hydrogen-bond donors (Lipinski definition) is 1. The molecule has 9 nitrogen and oxygen atoms in total. The van der Waals surface area contributed by atoms with Crippen LogP contribution in [0.15, 0.2) is 65.8 Å². The molecule has 2 aromatic carbocycles. The van der Waals surface area contributed by atoms with Gasteiger partial charge < -0.3 is 14.7 Å². The van der Waals surface area contributed by atoms with Crippen molar-refractivity contribution >= 4 is 16.9 Å². The van der Waals surface area contributed by atoms with E-state index in [1.54, 1.807) is 9.58 Å². The second-order valence-electron chi connectivity index (χ2n) is 10.6. The molecule has 0 radical (unpaired) electrons. The number of benzene rings is 2. The molecule has 0 spiro atoms. The van der Waals surface area contributed by atoms with E-state index in [2.05, 4.69) is 10.1 Å². The van der Waals surface area contributed by atoms with E-state index in [1.807, 2.05) is 24.3 Å². The molecule has 4 aromatic rings. The largest absolute Gasteiger partial charge is 0.493 e. The summed E-state index contributed by atoms with van der Waals surface area (Å²) in [5.74, 6) is 0.768. The molecule has 1 amide bonds. The van der Waals surface area contributed by atoms with Crippen LogP contribution >= 0.6 is 0 Å². The van der Waals surface area contributed by atoms with Gasteiger partial charge in [0, 0.05) is 24.7 Å². The van der Waals surface area contributed by atoms with E-state index in [0.29, 0.717) is 55.1 Å². The zero-order chi connectivity index (χ0) is 27.0. The molecular weight excluding hydrogens is 501 g/mol. The van der Waals surface area contributed by atoms with Gasteiger partial charge in [0.2, 0.25) is 0 Å². The molecule has 0 unspecified atom stereocenters. The molecule has 2 aromatic heterocycles. The summed E-state index contributed by atoms with van der Waals surface area (Å²) in [6, 6.07) is 13.0. The molecule has 1 saturated heterocycles. The summed E-state index contributed by atoms with van der Waals surface area (Å²) in [7, 11) is 0. The zero-order valence-electron chi connectivity index (χ0n) is 21.5. The molecule has 39 heavy (non-hydrogen) atoms. The highest BCUT2D eigenvalue weighted by Gasteiger charge is 2.35. The quantitative estimate of drug-likeness (QED) is 0.391. The number of carbonyl (C=O) groups is 1. The summed E-state index contributed by atoms with van der Waals surface area (Å²) in [4.78, 5) is 32.2. The van der Waals surface area contributed by atoms with Crippen molar-refractivity contribution in [2.24, 2.45) is 5.92 Å². The predicted octanol–water partition coefficient (Wildman–Crippen LogP) is 3.57. The van der Waals surface area contributed by atoms with Crippen molar-refractivity contribution in [3.8, 4) is 11.4 Å². The van der Waals surface area contributed by atoms with Crippen LogP contribution < -0.4 is 10.3 Å². The number of amides is 1. The van der Waals surface area contributed by atoms with Gasteiger partial charge in [-0.05, 0) is 68.0 Å².